The summed E-state index contributed by atoms with van der Waals surface area (Å²) in [6, 6.07) is 3.79. The second-order valence-electron chi connectivity index (χ2n) is 6.02. The summed E-state index contributed by atoms with van der Waals surface area (Å²) < 4.78 is 25.2. The molecule has 0 spiro atoms. The van der Waals surface area contributed by atoms with Gasteiger partial charge >= 0.3 is 0 Å². The Hall–Kier alpha value is -1.14. The summed E-state index contributed by atoms with van der Waals surface area (Å²) in [4.78, 5) is 4.49. The molecule has 0 amide bonds. The summed E-state index contributed by atoms with van der Waals surface area (Å²) in [5, 5.41) is 3.44. The van der Waals surface area contributed by atoms with Crippen LogP contribution in [0.5, 0.6) is 0 Å². The van der Waals surface area contributed by atoms with Crippen LogP contribution < -0.4 is 5.32 Å². The summed E-state index contributed by atoms with van der Waals surface area (Å²) in [6.45, 7) is 4.52. The van der Waals surface area contributed by atoms with Crippen LogP contribution >= 0.6 is 0 Å². The van der Waals surface area contributed by atoms with Crippen molar-refractivity contribution in [1.82, 2.24) is 9.29 Å². The molecule has 0 bridgehead atoms. The first kappa shape index (κ1) is 16.2. The molecule has 1 aliphatic carbocycles. The highest BCUT2D eigenvalue weighted by Gasteiger charge is 2.31. The lowest BCUT2D eigenvalue weighted by Crippen LogP contribution is -2.25. The molecule has 1 aromatic rings. The second-order valence-corrected chi connectivity index (χ2v) is 8.17. The van der Waals surface area contributed by atoms with Gasteiger partial charge in [0, 0.05) is 26.3 Å². The lowest BCUT2D eigenvalue weighted by atomic mass is 9.93. The first-order valence-electron chi connectivity index (χ1n) is 7.51. The average molecular weight is 311 g/mol. The van der Waals surface area contributed by atoms with E-state index in [1.807, 2.05) is 0 Å². The number of anilines is 1. The molecule has 0 radical (unpaired) electrons. The van der Waals surface area contributed by atoms with E-state index in [-0.39, 0.29) is 4.90 Å². The van der Waals surface area contributed by atoms with E-state index >= 15 is 0 Å². The van der Waals surface area contributed by atoms with E-state index < -0.39 is 10.0 Å². The highest BCUT2D eigenvalue weighted by atomic mass is 32.2. The predicted molar refractivity (Wildman–Crippen MR) is 84.7 cm³/mol. The number of rotatable bonds is 5. The second kappa shape index (κ2) is 6.32. The lowest BCUT2D eigenvalue weighted by molar-refractivity contribution is 0.391. The summed E-state index contributed by atoms with van der Waals surface area (Å²) in [5.74, 6) is 2.15. The summed E-state index contributed by atoms with van der Waals surface area (Å²) in [7, 11) is -0.360. The van der Waals surface area contributed by atoms with Crippen molar-refractivity contribution in [2.75, 3.05) is 19.4 Å². The van der Waals surface area contributed by atoms with Crippen molar-refractivity contribution >= 4 is 15.8 Å². The Morgan fingerprint density at radius 2 is 2.05 bits per heavy atom. The topological polar surface area (TPSA) is 62.3 Å². The Balaban J connectivity index is 2.07. The Kier molecular flexibility index (Phi) is 4.88. The molecule has 3 atom stereocenters. The Morgan fingerprint density at radius 1 is 1.33 bits per heavy atom. The van der Waals surface area contributed by atoms with Gasteiger partial charge in [0.2, 0.25) is 10.0 Å². The van der Waals surface area contributed by atoms with Crippen molar-refractivity contribution in [3.8, 4) is 0 Å². The van der Waals surface area contributed by atoms with Crippen LogP contribution in [0.1, 0.15) is 33.1 Å². The molecule has 0 aromatic carbocycles. The van der Waals surface area contributed by atoms with Crippen LogP contribution in [0.15, 0.2) is 23.2 Å². The van der Waals surface area contributed by atoms with Crippen molar-refractivity contribution in [3.63, 3.8) is 0 Å². The van der Waals surface area contributed by atoms with Gasteiger partial charge in [-0.2, -0.15) is 0 Å². The van der Waals surface area contributed by atoms with Gasteiger partial charge in [-0.15, -0.1) is 0 Å². The van der Waals surface area contributed by atoms with Gasteiger partial charge in [0.1, 0.15) is 10.7 Å². The van der Waals surface area contributed by atoms with Crippen molar-refractivity contribution in [3.05, 3.63) is 18.3 Å². The summed E-state index contributed by atoms with van der Waals surface area (Å²) >= 11 is 0. The third-order valence-corrected chi connectivity index (χ3v) is 6.40. The minimum Gasteiger partial charge on any atom is -0.367 e. The molecular formula is C15H25N3O2S. The van der Waals surface area contributed by atoms with E-state index in [9.17, 15) is 8.42 Å². The lowest BCUT2D eigenvalue weighted by Gasteiger charge is -2.21. The largest absolute Gasteiger partial charge is 0.367 e. The SMILES string of the molecule is CCC1CCC(Nc2ccc(S(=O)(=O)N(C)C)cn2)C1C. The highest BCUT2D eigenvalue weighted by Crippen LogP contribution is 2.35. The van der Waals surface area contributed by atoms with Crippen LogP contribution in [0.25, 0.3) is 0 Å². The van der Waals surface area contributed by atoms with Gasteiger partial charge in [-0.25, -0.2) is 17.7 Å². The van der Waals surface area contributed by atoms with Gasteiger partial charge in [-0.3, -0.25) is 0 Å². The van der Waals surface area contributed by atoms with Crippen LogP contribution in [0.2, 0.25) is 0 Å². The quantitative estimate of drug-likeness (QED) is 0.908. The zero-order valence-electron chi connectivity index (χ0n) is 13.2. The number of nitrogens with one attached hydrogen (secondary N) is 1. The number of hydrogen-bond donors (Lipinski definition) is 1. The van der Waals surface area contributed by atoms with E-state index in [2.05, 4.69) is 24.1 Å². The van der Waals surface area contributed by atoms with Gasteiger partial charge in [0.25, 0.3) is 0 Å². The van der Waals surface area contributed by atoms with Crippen LogP contribution in [-0.4, -0.2) is 37.8 Å². The fourth-order valence-corrected chi connectivity index (χ4v) is 3.89. The molecule has 0 aliphatic heterocycles. The number of aromatic nitrogens is 1. The van der Waals surface area contributed by atoms with E-state index in [1.54, 1.807) is 12.1 Å². The molecule has 1 aromatic heterocycles. The minimum atomic E-state index is -3.40. The fraction of sp³-hybridized carbons (Fsp3) is 0.667. The molecule has 1 heterocycles. The zero-order chi connectivity index (χ0) is 15.6. The maximum absolute atomic E-state index is 12.0. The number of nitrogens with zero attached hydrogens (tertiary/aromatic N) is 2. The molecule has 5 nitrogen and oxygen atoms in total. The maximum atomic E-state index is 12.0. The van der Waals surface area contributed by atoms with E-state index in [0.717, 1.165) is 18.2 Å². The maximum Gasteiger partial charge on any atom is 0.244 e. The van der Waals surface area contributed by atoms with Gasteiger partial charge in [-0.1, -0.05) is 20.3 Å². The van der Waals surface area contributed by atoms with Crippen LogP contribution in [-0.2, 0) is 10.0 Å². The molecule has 1 saturated carbocycles. The molecule has 1 fully saturated rings. The van der Waals surface area contributed by atoms with Crippen molar-refractivity contribution < 1.29 is 8.42 Å². The molecule has 118 valence electrons. The molecule has 0 saturated heterocycles. The van der Waals surface area contributed by atoms with Crippen molar-refractivity contribution in [2.24, 2.45) is 11.8 Å². The first-order chi connectivity index (χ1) is 9.86. The number of pyridine rings is 1. The molecule has 1 N–H and O–H groups in total. The third kappa shape index (κ3) is 3.37. The fourth-order valence-electron chi connectivity index (χ4n) is 3.05. The van der Waals surface area contributed by atoms with Gasteiger partial charge in [0.05, 0.1) is 0 Å². The standard InChI is InChI=1S/C15H25N3O2S/c1-5-12-6-8-14(11(12)2)17-15-9-7-13(10-16-15)21(19,20)18(3)4/h7,9-12,14H,5-6,8H2,1-4H3,(H,16,17). The molecule has 21 heavy (non-hydrogen) atoms. The zero-order valence-corrected chi connectivity index (χ0v) is 14.0. The van der Waals surface area contributed by atoms with Gasteiger partial charge in [-0.05, 0) is 36.8 Å². The Morgan fingerprint density at radius 3 is 2.52 bits per heavy atom. The van der Waals surface area contributed by atoms with Crippen molar-refractivity contribution in [1.29, 1.82) is 0 Å². The van der Waals surface area contributed by atoms with Crippen LogP contribution in [0, 0.1) is 11.8 Å². The number of sulfonamides is 1. The van der Waals surface area contributed by atoms with E-state index in [4.69, 9.17) is 0 Å². The van der Waals surface area contributed by atoms with Gasteiger partial charge < -0.3 is 5.32 Å². The summed E-state index contributed by atoms with van der Waals surface area (Å²) in [5.41, 5.74) is 0. The number of hydrogen-bond acceptors (Lipinski definition) is 4. The normalized spacial score (nSPS) is 26.2. The van der Waals surface area contributed by atoms with Gasteiger partial charge in [0.15, 0.2) is 0 Å². The average Bonchev–Trinajstić information content (AvgIpc) is 2.80. The van der Waals surface area contributed by atoms with Crippen LogP contribution in [0.4, 0.5) is 5.82 Å². The smallest absolute Gasteiger partial charge is 0.244 e. The molecular weight excluding hydrogens is 286 g/mol. The monoisotopic (exact) mass is 311 g/mol. The molecule has 6 heteroatoms. The Labute approximate surface area is 127 Å². The molecule has 2 rings (SSSR count). The highest BCUT2D eigenvalue weighted by molar-refractivity contribution is 7.89. The third-order valence-electron chi connectivity index (χ3n) is 4.60. The van der Waals surface area contributed by atoms with E-state index in [0.29, 0.717) is 12.0 Å². The summed E-state index contributed by atoms with van der Waals surface area (Å²) in [6.07, 6.45) is 5.04. The van der Waals surface area contributed by atoms with E-state index in [1.165, 1.54) is 37.4 Å². The van der Waals surface area contributed by atoms with Crippen molar-refractivity contribution in [2.45, 2.75) is 44.0 Å². The molecule has 3 unspecified atom stereocenters. The van der Waals surface area contributed by atoms with Crippen LogP contribution in [0.3, 0.4) is 0 Å². The predicted octanol–water partition coefficient (Wildman–Crippen LogP) is 2.57. The first-order valence-corrected chi connectivity index (χ1v) is 8.95. The Bertz CT molecular complexity index is 569. The molecule has 1 aliphatic rings. The minimum absolute atomic E-state index is 0.226.